The number of rotatable bonds is 1. The van der Waals surface area contributed by atoms with Crippen LogP contribution in [0.4, 0.5) is 0 Å². The molecule has 0 aliphatic heterocycles. The average molecular weight is 184 g/mol. The second-order valence-electron chi connectivity index (χ2n) is 5.37. The van der Waals surface area contributed by atoms with Gasteiger partial charge in [0.2, 0.25) is 0 Å². The van der Waals surface area contributed by atoms with Gasteiger partial charge in [0.05, 0.1) is 6.10 Å². The molecule has 0 aromatic rings. The topological polar surface area (TPSA) is 55.3 Å². The summed E-state index contributed by atoms with van der Waals surface area (Å²) < 4.78 is 0. The minimum absolute atomic E-state index is 0.0697. The molecule has 0 amide bonds. The summed E-state index contributed by atoms with van der Waals surface area (Å²) >= 11 is 0. The monoisotopic (exact) mass is 184 g/mol. The third kappa shape index (κ3) is 0.853. The third-order valence-corrected chi connectivity index (χ3v) is 4.94. The Bertz CT molecular complexity index is 229. The maximum atomic E-state index is 10.8. The zero-order valence-electron chi connectivity index (χ0n) is 8.50. The third-order valence-electron chi connectivity index (χ3n) is 4.94. The summed E-state index contributed by atoms with van der Waals surface area (Å²) in [6, 6.07) is -0.242. The molecule has 4 atom stereocenters. The van der Waals surface area contributed by atoms with Crippen LogP contribution in [-0.4, -0.2) is 17.3 Å². The lowest BCUT2D eigenvalue weighted by Crippen LogP contribution is -2.45. The molecule has 76 valence electrons. The van der Waals surface area contributed by atoms with Crippen molar-refractivity contribution < 1.29 is 5.11 Å². The van der Waals surface area contributed by atoms with Crippen LogP contribution in [0.5, 0.6) is 0 Å². The predicted molar refractivity (Wildman–Crippen MR) is 50.9 cm³/mol. The number of nitrogens with one attached hydrogen (secondary N) is 1. The fourth-order valence-electron chi connectivity index (χ4n) is 3.48. The van der Waals surface area contributed by atoms with Gasteiger partial charge in [0, 0.05) is 11.5 Å². The molecule has 0 heterocycles. The van der Waals surface area contributed by atoms with E-state index in [1.165, 1.54) is 0 Å². The Hall–Kier alpha value is -0.120. The first-order valence-corrected chi connectivity index (χ1v) is 5.01. The van der Waals surface area contributed by atoms with Crippen LogP contribution in [0.1, 0.15) is 33.6 Å². The summed E-state index contributed by atoms with van der Waals surface area (Å²) in [5.74, 6) is 0.338. The first-order chi connectivity index (χ1) is 5.95. The minimum Gasteiger partial charge on any atom is -0.787 e. The van der Waals surface area contributed by atoms with Crippen molar-refractivity contribution in [1.82, 2.24) is 5.48 Å². The molecule has 2 bridgehead atoms. The van der Waals surface area contributed by atoms with E-state index < -0.39 is 6.10 Å². The highest BCUT2D eigenvalue weighted by molar-refractivity contribution is 5.17. The number of aliphatic hydroxyl groups is 1. The van der Waals surface area contributed by atoms with E-state index in [2.05, 4.69) is 20.8 Å². The van der Waals surface area contributed by atoms with Crippen LogP contribution in [-0.2, 0) is 0 Å². The molecule has 2 N–H and O–H groups in total. The molecule has 0 saturated heterocycles. The second kappa shape index (κ2) is 2.47. The van der Waals surface area contributed by atoms with Gasteiger partial charge in [-0.3, -0.25) is 0 Å². The Morgan fingerprint density at radius 2 is 2.00 bits per heavy atom. The Labute approximate surface area is 79.1 Å². The van der Waals surface area contributed by atoms with E-state index in [0.29, 0.717) is 5.92 Å². The van der Waals surface area contributed by atoms with Crippen LogP contribution >= 0.6 is 0 Å². The SMILES string of the molecule is CC1(C)[C@@H]2CC[C@@]1(C)[C@H](O)[C@@H]2N[O-]. The highest BCUT2D eigenvalue weighted by atomic mass is 16.5. The van der Waals surface area contributed by atoms with Crippen molar-refractivity contribution in [3.8, 4) is 0 Å². The quantitative estimate of drug-likeness (QED) is 0.603. The number of hydroxylamine groups is 1. The molecule has 2 aliphatic carbocycles. The zero-order chi connectivity index (χ0) is 9.85. The Kier molecular flexibility index (Phi) is 1.79. The first-order valence-electron chi connectivity index (χ1n) is 5.01. The summed E-state index contributed by atoms with van der Waals surface area (Å²) in [6.07, 6.45) is 1.64. The van der Waals surface area contributed by atoms with E-state index in [9.17, 15) is 10.3 Å². The average Bonchev–Trinajstić information content (AvgIpc) is 2.36. The van der Waals surface area contributed by atoms with Crippen LogP contribution in [0.2, 0.25) is 0 Å². The van der Waals surface area contributed by atoms with Crippen LogP contribution < -0.4 is 5.48 Å². The highest BCUT2D eigenvalue weighted by Crippen LogP contribution is 2.65. The van der Waals surface area contributed by atoms with Gasteiger partial charge in [-0.15, -0.1) is 0 Å². The van der Waals surface area contributed by atoms with Crippen molar-refractivity contribution in [2.45, 2.75) is 45.8 Å². The summed E-state index contributed by atoms with van der Waals surface area (Å²) in [5, 5.41) is 20.8. The van der Waals surface area contributed by atoms with E-state index in [1.54, 1.807) is 0 Å². The summed E-state index contributed by atoms with van der Waals surface area (Å²) in [4.78, 5) is 0. The molecule has 0 aromatic heterocycles. The first kappa shape index (κ1) is 9.44. The Morgan fingerprint density at radius 3 is 2.31 bits per heavy atom. The van der Waals surface area contributed by atoms with Gasteiger partial charge in [-0.1, -0.05) is 20.8 Å². The fourth-order valence-corrected chi connectivity index (χ4v) is 3.48. The molecule has 0 unspecified atom stereocenters. The van der Waals surface area contributed by atoms with E-state index >= 15 is 0 Å². The molecule has 0 spiro atoms. The fraction of sp³-hybridized carbons (Fsp3) is 1.00. The van der Waals surface area contributed by atoms with Crippen LogP contribution in [0.3, 0.4) is 0 Å². The molecule has 0 aromatic carbocycles. The van der Waals surface area contributed by atoms with Gasteiger partial charge in [-0.05, 0) is 24.2 Å². The van der Waals surface area contributed by atoms with Crippen molar-refractivity contribution in [2.24, 2.45) is 16.7 Å². The molecule has 2 aliphatic rings. The molecule has 13 heavy (non-hydrogen) atoms. The zero-order valence-corrected chi connectivity index (χ0v) is 8.50. The van der Waals surface area contributed by atoms with E-state index in [-0.39, 0.29) is 16.9 Å². The highest BCUT2D eigenvalue weighted by Gasteiger charge is 2.64. The van der Waals surface area contributed by atoms with Crippen molar-refractivity contribution >= 4 is 0 Å². The van der Waals surface area contributed by atoms with Gasteiger partial charge < -0.3 is 15.8 Å². The molecule has 2 fully saturated rings. The molecule has 3 heteroatoms. The van der Waals surface area contributed by atoms with Gasteiger partial charge in [-0.25, -0.2) is 0 Å². The normalized spacial score (nSPS) is 52.8. The lowest BCUT2D eigenvalue weighted by Gasteiger charge is -2.37. The summed E-state index contributed by atoms with van der Waals surface area (Å²) in [5.41, 5.74) is 2.05. The van der Waals surface area contributed by atoms with E-state index in [4.69, 9.17) is 0 Å². The number of hydrogen-bond acceptors (Lipinski definition) is 3. The lowest BCUT2D eigenvalue weighted by molar-refractivity contribution is 0.00216. The van der Waals surface area contributed by atoms with Gasteiger partial charge in [0.25, 0.3) is 0 Å². The number of aliphatic hydroxyl groups excluding tert-OH is 1. The molecule has 0 radical (unpaired) electrons. The van der Waals surface area contributed by atoms with Crippen LogP contribution in [0.25, 0.3) is 0 Å². The molecular formula is C10H18NO2-. The van der Waals surface area contributed by atoms with Crippen LogP contribution in [0, 0.1) is 22.0 Å². The largest absolute Gasteiger partial charge is 0.787 e. The summed E-state index contributed by atoms with van der Waals surface area (Å²) in [6.45, 7) is 6.45. The van der Waals surface area contributed by atoms with Gasteiger partial charge >= 0.3 is 0 Å². The Morgan fingerprint density at radius 1 is 1.38 bits per heavy atom. The summed E-state index contributed by atoms with van der Waals surface area (Å²) in [7, 11) is 0. The second-order valence-corrected chi connectivity index (χ2v) is 5.37. The van der Waals surface area contributed by atoms with Gasteiger partial charge in [0.15, 0.2) is 0 Å². The van der Waals surface area contributed by atoms with Crippen molar-refractivity contribution in [3.63, 3.8) is 0 Å². The van der Waals surface area contributed by atoms with E-state index in [1.807, 2.05) is 5.48 Å². The predicted octanol–water partition coefficient (Wildman–Crippen LogP) is 1.26. The van der Waals surface area contributed by atoms with E-state index in [0.717, 1.165) is 12.8 Å². The van der Waals surface area contributed by atoms with Crippen LogP contribution in [0.15, 0.2) is 0 Å². The smallest absolute Gasteiger partial charge is 0.0746 e. The molecular weight excluding hydrogens is 166 g/mol. The van der Waals surface area contributed by atoms with Gasteiger partial charge in [0.1, 0.15) is 0 Å². The van der Waals surface area contributed by atoms with Crippen molar-refractivity contribution in [2.75, 3.05) is 0 Å². The lowest BCUT2D eigenvalue weighted by atomic mass is 9.70. The van der Waals surface area contributed by atoms with Gasteiger partial charge in [-0.2, -0.15) is 0 Å². The van der Waals surface area contributed by atoms with Crippen molar-refractivity contribution in [1.29, 1.82) is 0 Å². The molecule has 2 rings (SSSR count). The Balaban J connectivity index is 2.39. The van der Waals surface area contributed by atoms with Crippen molar-refractivity contribution in [3.05, 3.63) is 5.21 Å². The standard InChI is InChI=1S/C10H18NO2/c1-9(2)6-4-5-10(9,3)8(12)7(6)11-13/h6-8,11-12H,4-5H2,1-3H3/q-1/t6-,7-,8-,10+/m1/s1. The molecule has 3 nitrogen and oxygen atoms in total. The maximum absolute atomic E-state index is 10.8. The minimum atomic E-state index is -0.473. The molecule has 2 saturated carbocycles. The number of hydrogen-bond donors (Lipinski definition) is 2. The number of fused-ring (bicyclic) bond motifs is 2. The maximum Gasteiger partial charge on any atom is 0.0746 e.